The summed E-state index contributed by atoms with van der Waals surface area (Å²) in [5.41, 5.74) is 0.932. The Morgan fingerprint density at radius 2 is 1.91 bits per heavy atom. The van der Waals surface area contributed by atoms with Crippen molar-refractivity contribution in [1.82, 2.24) is 19.7 Å². The molecule has 2 bridgehead atoms. The van der Waals surface area contributed by atoms with Gasteiger partial charge >= 0.3 is 6.03 Å². The summed E-state index contributed by atoms with van der Waals surface area (Å²) < 4.78 is 0. The molecule has 7 heteroatoms. The van der Waals surface area contributed by atoms with Gasteiger partial charge in [0.05, 0.1) is 10.0 Å². The summed E-state index contributed by atoms with van der Waals surface area (Å²) in [6.07, 6.45) is 5.57. The number of nitrogens with zero attached hydrogens (tertiary/aromatic N) is 4. The third-order valence-electron chi connectivity index (χ3n) is 4.79. The minimum atomic E-state index is 0.101. The van der Waals surface area contributed by atoms with Crippen LogP contribution in [0.25, 0.3) is 0 Å². The Hall–Kier alpha value is -1.04. The average molecular weight is 357 g/mol. The van der Waals surface area contributed by atoms with Gasteiger partial charge in [-0.1, -0.05) is 23.2 Å². The summed E-state index contributed by atoms with van der Waals surface area (Å²) in [4.78, 5) is 22.4. The van der Waals surface area contributed by atoms with E-state index >= 15 is 0 Å². The Labute approximate surface area is 147 Å². The summed E-state index contributed by atoms with van der Waals surface area (Å²) in [6.45, 7) is 3.30. The Bertz CT molecular complexity index is 575. The van der Waals surface area contributed by atoms with Crippen molar-refractivity contribution in [3.63, 3.8) is 0 Å². The second kappa shape index (κ2) is 6.83. The number of carbonyl (C=O) groups excluding carboxylic acids is 1. The fraction of sp³-hybridized carbons (Fsp3) is 0.625. The van der Waals surface area contributed by atoms with Crippen LogP contribution in [-0.4, -0.2) is 65.5 Å². The molecule has 2 amide bonds. The predicted molar refractivity (Wildman–Crippen MR) is 91.8 cm³/mol. The molecule has 3 saturated heterocycles. The highest BCUT2D eigenvalue weighted by molar-refractivity contribution is 6.35. The van der Waals surface area contributed by atoms with Crippen molar-refractivity contribution in [2.75, 3.05) is 33.7 Å². The van der Waals surface area contributed by atoms with Crippen LogP contribution in [0.3, 0.4) is 0 Å². The highest BCUT2D eigenvalue weighted by Crippen LogP contribution is 2.32. The first kappa shape index (κ1) is 16.8. The maximum Gasteiger partial charge on any atom is 0.319 e. The van der Waals surface area contributed by atoms with Gasteiger partial charge in [0.15, 0.2) is 0 Å². The zero-order valence-electron chi connectivity index (χ0n) is 13.5. The van der Waals surface area contributed by atoms with Gasteiger partial charge in [0.2, 0.25) is 0 Å². The average Bonchev–Trinajstić information content (AvgIpc) is 2.81. The number of pyridine rings is 1. The number of amides is 2. The molecule has 0 unspecified atom stereocenters. The van der Waals surface area contributed by atoms with Crippen molar-refractivity contribution in [3.8, 4) is 0 Å². The molecule has 2 atom stereocenters. The molecule has 1 aromatic heterocycles. The molecule has 126 valence electrons. The van der Waals surface area contributed by atoms with Gasteiger partial charge in [0.1, 0.15) is 0 Å². The molecule has 23 heavy (non-hydrogen) atoms. The number of halogens is 2. The van der Waals surface area contributed by atoms with E-state index < -0.39 is 0 Å². The van der Waals surface area contributed by atoms with E-state index in [1.54, 1.807) is 17.3 Å². The largest absolute Gasteiger partial charge is 0.331 e. The van der Waals surface area contributed by atoms with Crippen LogP contribution < -0.4 is 0 Å². The molecule has 0 aromatic carbocycles. The molecule has 1 aromatic rings. The van der Waals surface area contributed by atoms with E-state index in [0.29, 0.717) is 28.5 Å². The minimum absolute atomic E-state index is 0.101. The number of rotatable bonds is 2. The molecular formula is C16H22Cl2N4O. The van der Waals surface area contributed by atoms with Crippen molar-refractivity contribution in [2.45, 2.75) is 25.4 Å². The highest BCUT2D eigenvalue weighted by atomic mass is 35.5. The third-order valence-corrected chi connectivity index (χ3v) is 5.45. The van der Waals surface area contributed by atoms with E-state index in [0.717, 1.165) is 31.6 Å². The van der Waals surface area contributed by atoms with Gasteiger partial charge in [-0.25, -0.2) is 4.79 Å². The highest BCUT2D eigenvalue weighted by Gasteiger charge is 2.37. The lowest BCUT2D eigenvalue weighted by molar-refractivity contribution is 0.123. The Balaban J connectivity index is 1.77. The summed E-state index contributed by atoms with van der Waals surface area (Å²) in [6, 6.07) is 0.460. The molecule has 4 heterocycles. The van der Waals surface area contributed by atoms with E-state index in [1.807, 2.05) is 19.0 Å². The van der Waals surface area contributed by atoms with Crippen molar-refractivity contribution in [1.29, 1.82) is 0 Å². The second-order valence-electron chi connectivity index (χ2n) is 6.69. The topological polar surface area (TPSA) is 39.7 Å². The Kier molecular flexibility index (Phi) is 4.99. The van der Waals surface area contributed by atoms with Gasteiger partial charge in [0, 0.05) is 64.3 Å². The summed E-state index contributed by atoms with van der Waals surface area (Å²) in [5, 5.41) is 1.22. The molecule has 3 aliphatic heterocycles. The van der Waals surface area contributed by atoms with Gasteiger partial charge in [0.25, 0.3) is 0 Å². The minimum Gasteiger partial charge on any atom is -0.331 e. The number of carbonyl (C=O) groups is 1. The number of aromatic nitrogens is 1. The molecule has 0 aliphatic carbocycles. The molecule has 0 spiro atoms. The predicted octanol–water partition coefficient (Wildman–Crippen LogP) is 2.97. The molecular weight excluding hydrogens is 335 g/mol. The van der Waals surface area contributed by atoms with Crippen LogP contribution in [-0.2, 0) is 6.54 Å². The quantitative estimate of drug-likeness (QED) is 0.817. The van der Waals surface area contributed by atoms with Crippen LogP contribution in [0.1, 0.15) is 18.4 Å². The molecule has 4 rings (SSSR count). The Morgan fingerprint density at radius 1 is 1.22 bits per heavy atom. The number of fused-ring (bicyclic) bond motifs is 4. The van der Waals surface area contributed by atoms with Crippen LogP contribution in [0, 0.1) is 5.92 Å². The fourth-order valence-electron chi connectivity index (χ4n) is 3.60. The first-order valence-corrected chi connectivity index (χ1v) is 8.69. The van der Waals surface area contributed by atoms with E-state index in [2.05, 4.69) is 9.88 Å². The normalized spacial score (nSPS) is 24.6. The summed E-state index contributed by atoms with van der Waals surface area (Å²) in [7, 11) is 3.62. The third kappa shape index (κ3) is 3.57. The molecule has 0 saturated carbocycles. The van der Waals surface area contributed by atoms with Crippen molar-refractivity contribution in [3.05, 3.63) is 28.0 Å². The van der Waals surface area contributed by atoms with Crippen LogP contribution in [0.5, 0.6) is 0 Å². The molecule has 5 nitrogen and oxygen atoms in total. The maximum absolute atomic E-state index is 12.3. The lowest BCUT2D eigenvalue weighted by Crippen LogP contribution is -2.45. The van der Waals surface area contributed by atoms with Gasteiger partial charge < -0.3 is 9.80 Å². The van der Waals surface area contributed by atoms with Crippen LogP contribution in [0.4, 0.5) is 4.79 Å². The van der Waals surface area contributed by atoms with E-state index in [4.69, 9.17) is 23.2 Å². The molecule has 3 aliphatic rings. The van der Waals surface area contributed by atoms with Crippen LogP contribution in [0.2, 0.25) is 10.0 Å². The number of hydrogen-bond donors (Lipinski definition) is 0. The van der Waals surface area contributed by atoms with E-state index in [1.165, 1.54) is 6.42 Å². The van der Waals surface area contributed by atoms with Crippen molar-refractivity contribution >= 4 is 29.2 Å². The molecule has 0 radical (unpaired) electrons. The summed E-state index contributed by atoms with van der Waals surface area (Å²) >= 11 is 12.5. The fourth-order valence-corrected chi connectivity index (χ4v) is 4.09. The molecule has 0 N–H and O–H groups in total. The van der Waals surface area contributed by atoms with Crippen LogP contribution in [0.15, 0.2) is 12.4 Å². The van der Waals surface area contributed by atoms with Gasteiger partial charge in [-0.3, -0.25) is 9.88 Å². The van der Waals surface area contributed by atoms with Gasteiger partial charge in [-0.2, -0.15) is 0 Å². The first-order valence-electron chi connectivity index (χ1n) is 7.94. The number of urea groups is 1. The molecule has 3 fully saturated rings. The lowest BCUT2D eigenvalue weighted by Gasteiger charge is -2.36. The van der Waals surface area contributed by atoms with Gasteiger partial charge in [-0.05, 0) is 18.8 Å². The van der Waals surface area contributed by atoms with E-state index in [-0.39, 0.29) is 6.03 Å². The van der Waals surface area contributed by atoms with Crippen molar-refractivity contribution < 1.29 is 4.79 Å². The zero-order chi connectivity index (χ0) is 16.6. The Morgan fingerprint density at radius 3 is 2.57 bits per heavy atom. The van der Waals surface area contributed by atoms with Crippen LogP contribution >= 0.6 is 23.2 Å². The second-order valence-corrected chi connectivity index (χ2v) is 7.50. The van der Waals surface area contributed by atoms with Gasteiger partial charge in [-0.15, -0.1) is 0 Å². The monoisotopic (exact) mass is 356 g/mol. The van der Waals surface area contributed by atoms with E-state index in [9.17, 15) is 4.79 Å². The standard InChI is InChI=1S/C16H22Cl2N4O/c1-20(2)16(23)22-8-11-3-4-12(9-22)21(7-11)10-13-14(17)5-19-6-15(13)18/h5-6,11-12H,3-4,7-10H2,1-2H3/t11-,12-/m1/s1. The SMILES string of the molecule is CN(C)C(=O)N1C[C@@H]2CC[C@H](C1)N(Cc1c(Cl)cncc1Cl)C2. The smallest absolute Gasteiger partial charge is 0.319 e. The number of hydrogen-bond acceptors (Lipinski definition) is 3. The maximum atomic E-state index is 12.3. The summed E-state index contributed by atoms with van der Waals surface area (Å²) in [5.74, 6) is 0.511. The number of piperidine rings is 1. The zero-order valence-corrected chi connectivity index (χ0v) is 15.0. The first-order chi connectivity index (χ1) is 11.0. The lowest BCUT2D eigenvalue weighted by atomic mass is 9.94. The van der Waals surface area contributed by atoms with Crippen molar-refractivity contribution in [2.24, 2.45) is 5.92 Å².